The summed E-state index contributed by atoms with van der Waals surface area (Å²) >= 11 is 0. The lowest BCUT2D eigenvalue weighted by Crippen LogP contribution is -2.33. The van der Waals surface area contributed by atoms with Gasteiger partial charge in [0.2, 0.25) is 0 Å². The molecule has 1 aliphatic rings. The number of carbonyl (C=O) groups excluding carboxylic acids is 4. The van der Waals surface area contributed by atoms with Gasteiger partial charge in [-0.2, -0.15) is 0 Å². The summed E-state index contributed by atoms with van der Waals surface area (Å²) in [6.45, 7) is 1.47. The van der Waals surface area contributed by atoms with Crippen LogP contribution < -0.4 is 0 Å². The molecular weight excluding hydrogens is 334 g/mol. The van der Waals surface area contributed by atoms with Gasteiger partial charge in [-0.3, -0.25) is 19.2 Å². The van der Waals surface area contributed by atoms with Crippen molar-refractivity contribution in [3.05, 3.63) is 70.8 Å². The minimum absolute atomic E-state index is 0.00398. The van der Waals surface area contributed by atoms with E-state index in [0.29, 0.717) is 16.7 Å². The van der Waals surface area contributed by atoms with Gasteiger partial charge >= 0.3 is 5.97 Å². The van der Waals surface area contributed by atoms with E-state index in [4.69, 9.17) is 4.74 Å². The van der Waals surface area contributed by atoms with E-state index in [2.05, 4.69) is 0 Å². The van der Waals surface area contributed by atoms with Crippen molar-refractivity contribution in [3.8, 4) is 0 Å². The van der Waals surface area contributed by atoms with Crippen LogP contribution in [0.2, 0.25) is 0 Å². The number of hydrogen-bond acceptors (Lipinski definition) is 5. The van der Waals surface area contributed by atoms with Crippen molar-refractivity contribution < 1.29 is 23.9 Å². The summed E-state index contributed by atoms with van der Waals surface area (Å²) in [7, 11) is 0. The van der Waals surface area contributed by atoms with Gasteiger partial charge in [-0.25, -0.2) is 4.90 Å². The molecule has 0 N–H and O–H groups in total. The maximum absolute atomic E-state index is 12.2. The average molecular weight is 351 g/mol. The van der Waals surface area contributed by atoms with Crippen molar-refractivity contribution in [2.45, 2.75) is 19.8 Å². The van der Waals surface area contributed by atoms with Crippen LogP contribution in [-0.2, 0) is 9.53 Å². The number of nitrogens with zero attached hydrogens (tertiary/aromatic N) is 1. The molecule has 6 nitrogen and oxygen atoms in total. The lowest BCUT2D eigenvalue weighted by molar-refractivity contribution is -0.146. The SMILES string of the molecule is Cc1ccc(C(=O)CCC(=O)OCN2C(=O)c3ccccc3C2=O)cc1. The van der Waals surface area contributed by atoms with Crippen LogP contribution in [0.3, 0.4) is 0 Å². The van der Waals surface area contributed by atoms with E-state index in [1.165, 1.54) is 0 Å². The number of ketones is 1. The molecular formula is C20H17NO5. The Bertz CT molecular complexity index is 850. The molecule has 2 aromatic carbocycles. The molecule has 0 aliphatic carbocycles. The molecule has 0 saturated heterocycles. The monoisotopic (exact) mass is 351 g/mol. The van der Waals surface area contributed by atoms with E-state index < -0.39 is 24.5 Å². The van der Waals surface area contributed by atoms with Gasteiger partial charge in [-0.15, -0.1) is 0 Å². The molecule has 0 aromatic heterocycles. The number of imide groups is 1. The number of amides is 2. The molecule has 0 bridgehead atoms. The van der Waals surface area contributed by atoms with Crippen molar-refractivity contribution in [2.24, 2.45) is 0 Å². The molecule has 0 saturated carbocycles. The third-order valence-electron chi connectivity index (χ3n) is 4.16. The molecule has 26 heavy (non-hydrogen) atoms. The number of esters is 1. The van der Waals surface area contributed by atoms with Gasteiger partial charge in [-0.05, 0) is 19.1 Å². The smallest absolute Gasteiger partial charge is 0.307 e. The zero-order chi connectivity index (χ0) is 18.7. The molecule has 132 valence electrons. The molecule has 0 fully saturated rings. The molecule has 0 spiro atoms. The molecule has 1 heterocycles. The average Bonchev–Trinajstić information content (AvgIpc) is 2.89. The first-order chi connectivity index (χ1) is 12.5. The molecule has 0 unspecified atom stereocenters. The molecule has 2 amide bonds. The van der Waals surface area contributed by atoms with E-state index in [1.807, 2.05) is 19.1 Å². The summed E-state index contributed by atoms with van der Waals surface area (Å²) in [4.78, 5) is 49.1. The summed E-state index contributed by atoms with van der Waals surface area (Å²) in [5.41, 5.74) is 2.16. The standard InChI is InChI=1S/C20H17NO5/c1-13-6-8-14(9-7-13)17(22)10-11-18(23)26-12-21-19(24)15-4-2-3-5-16(15)20(21)25/h2-9H,10-12H2,1H3. The summed E-state index contributed by atoms with van der Waals surface area (Å²) in [6, 6.07) is 13.5. The maximum atomic E-state index is 12.2. The third kappa shape index (κ3) is 3.54. The van der Waals surface area contributed by atoms with E-state index in [0.717, 1.165) is 10.5 Å². The van der Waals surface area contributed by atoms with E-state index in [1.54, 1.807) is 36.4 Å². The van der Waals surface area contributed by atoms with Gasteiger partial charge in [0, 0.05) is 12.0 Å². The molecule has 3 rings (SSSR count). The van der Waals surface area contributed by atoms with Gasteiger partial charge in [0.05, 0.1) is 17.5 Å². The summed E-state index contributed by atoms with van der Waals surface area (Å²) in [5.74, 6) is -1.78. The van der Waals surface area contributed by atoms with Crippen LogP contribution in [0.4, 0.5) is 0 Å². The second-order valence-corrected chi connectivity index (χ2v) is 6.02. The fraction of sp³-hybridized carbons (Fsp3) is 0.200. The first kappa shape index (κ1) is 17.5. The molecule has 0 radical (unpaired) electrons. The van der Waals surface area contributed by atoms with Crippen LogP contribution in [0.15, 0.2) is 48.5 Å². The predicted octanol–water partition coefficient (Wildman–Crippen LogP) is 2.75. The summed E-state index contributed by atoms with van der Waals surface area (Å²) in [5, 5.41) is 0. The highest BCUT2D eigenvalue weighted by molar-refractivity contribution is 6.21. The second-order valence-electron chi connectivity index (χ2n) is 6.02. The summed E-state index contributed by atoms with van der Waals surface area (Å²) < 4.78 is 5.00. The highest BCUT2D eigenvalue weighted by Crippen LogP contribution is 2.22. The molecule has 1 aliphatic heterocycles. The van der Waals surface area contributed by atoms with Crippen LogP contribution in [0.25, 0.3) is 0 Å². The lowest BCUT2D eigenvalue weighted by atomic mass is 10.1. The Morgan fingerprint density at radius 1 is 0.885 bits per heavy atom. The van der Waals surface area contributed by atoms with Crippen LogP contribution in [0.1, 0.15) is 49.5 Å². The highest BCUT2D eigenvalue weighted by atomic mass is 16.5. The Balaban J connectivity index is 1.50. The van der Waals surface area contributed by atoms with Gasteiger partial charge < -0.3 is 4.74 Å². The Labute approximate surface area is 150 Å². The Morgan fingerprint density at radius 3 is 2.04 bits per heavy atom. The minimum Gasteiger partial charge on any atom is -0.444 e. The third-order valence-corrected chi connectivity index (χ3v) is 4.16. The zero-order valence-electron chi connectivity index (χ0n) is 14.2. The van der Waals surface area contributed by atoms with Crippen molar-refractivity contribution in [3.63, 3.8) is 0 Å². The van der Waals surface area contributed by atoms with E-state index in [-0.39, 0.29) is 18.6 Å². The van der Waals surface area contributed by atoms with Crippen LogP contribution in [0, 0.1) is 6.92 Å². The normalized spacial score (nSPS) is 12.9. The summed E-state index contributed by atoms with van der Waals surface area (Å²) in [6.07, 6.45) is -0.111. The van der Waals surface area contributed by atoms with Gasteiger partial charge in [0.25, 0.3) is 11.8 Å². The lowest BCUT2D eigenvalue weighted by Gasteiger charge is -2.13. The highest BCUT2D eigenvalue weighted by Gasteiger charge is 2.35. The second kappa shape index (κ2) is 7.31. The number of ether oxygens (including phenoxy) is 1. The number of aryl methyl sites for hydroxylation is 1. The quantitative estimate of drug-likeness (QED) is 0.454. The van der Waals surface area contributed by atoms with Gasteiger partial charge in [-0.1, -0.05) is 42.0 Å². The maximum Gasteiger partial charge on any atom is 0.307 e. The molecule has 2 aromatic rings. The Hall–Kier alpha value is -3.28. The topological polar surface area (TPSA) is 80.8 Å². The number of rotatable bonds is 6. The number of carbonyl (C=O) groups is 4. The predicted molar refractivity (Wildman–Crippen MR) is 92.6 cm³/mol. The van der Waals surface area contributed by atoms with Crippen LogP contribution in [-0.4, -0.2) is 35.2 Å². The zero-order valence-corrected chi connectivity index (χ0v) is 14.2. The largest absolute Gasteiger partial charge is 0.444 e. The first-order valence-electron chi connectivity index (χ1n) is 8.18. The Kier molecular flexibility index (Phi) is 4.93. The van der Waals surface area contributed by atoms with Crippen molar-refractivity contribution in [1.29, 1.82) is 0 Å². The van der Waals surface area contributed by atoms with Gasteiger partial charge in [0.1, 0.15) is 0 Å². The van der Waals surface area contributed by atoms with Crippen LogP contribution in [0.5, 0.6) is 0 Å². The molecule has 0 atom stereocenters. The fourth-order valence-corrected chi connectivity index (χ4v) is 2.66. The fourth-order valence-electron chi connectivity index (χ4n) is 2.66. The number of benzene rings is 2. The number of Topliss-reactive ketones (excluding diaryl/α,β-unsaturated/α-hetero) is 1. The minimum atomic E-state index is -0.637. The molecule has 6 heteroatoms. The number of hydrogen-bond donors (Lipinski definition) is 0. The van der Waals surface area contributed by atoms with E-state index in [9.17, 15) is 19.2 Å². The van der Waals surface area contributed by atoms with Crippen molar-refractivity contribution >= 4 is 23.6 Å². The van der Waals surface area contributed by atoms with E-state index >= 15 is 0 Å². The van der Waals surface area contributed by atoms with Crippen molar-refractivity contribution in [2.75, 3.05) is 6.73 Å². The van der Waals surface area contributed by atoms with Crippen LogP contribution >= 0.6 is 0 Å². The van der Waals surface area contributed by atoms with Crippen molar-refractivity contribution in [1.82, 2.24) is 4.90 Å². The number of fused-ring (bicyclic) bond motifs is 1. The first-order valence-corrected chi connectivity index (χ1v) is 8.18. The Morgan fingerprint density at radius 2 is 1.46 bits per heavy atom. The van der Waals surface area contributed by atoms with Gasteiger partial charge in [0.15, 0.2) is 12.5 Å².